The Bertz CT molecular complexity index is 306. The molecule has 0 aromatic rings. The molecule has 0 aliphatic carbocycles. The number of carbonyl (C=O) groups excluding carboxylic acids is 2. The van der Waals surface area contributed by atoms with Crippen LogP contribution in [0.3, 0.4) is 0 Å². The Morgan fingerprint density at radius 1 is 1.32 bits per heavy atom. The van der Waals surface area contributed by atoms with Gasteiger partial charge >= 0.3 is 0 Å². The maximum atomic E-state index is 12.1. The van der Waals surface area contributed by atoms with E-state index < -0.39 is 0 Å². The van der Waals surface area contributed by atoms with Crippen LogP contribution in [-0.2, 0) is 9.59 Å². The van der Waals surface area contributed by atoms with Gasteiger partial charge in [-0.15, -0.1) is 0 Å². The van der Waals surface area contributed by atoms with Gasteiger partial charge in [-0.2, -0.15) is 0 Å². The minimum absolute atomic E-state index is 0.0931. The maximum absolute atomic E-state index is 12.1. The van der Waals surface area contributed by atoms with Crippen LogP contribution < -0.4 is 11.1 Å². The molecule has 1 aliphatic heterocycles. The molecule has 5 heteroatoms. The van der Waals surface area contributed by atoms with E-state index in [1.54, 1.807) is 4.90 Å². The normalized spacial score (nSPS) is 17.2. The van der Waals surface area contributed by atoms with Gasteiger partial charge < -0.3 is 16.0 Å². The van der Waals surface area contributed by atoms with Crippen molar-refractivity contribution in [2.45, 2.75) is 57.9 Å². The molecule has 0 radical (unpaired) electrons. The van der Waals surface area contributed by atoms with Gasteiger partial charge in [-0.3, -0.25) is 9.59 Å². The Labute approximate surface area is 115 Å². The quantitative estimate of drug-likeness (QED) is 0.756. The molecular formula is C14H27N3O2. The Morgan fingerprint density at radius 2 is 2.00 bits per heavy atom. The molecule has 3 N–H and O–H groups in total. The third kappa shape index (κ3) is 4.49. The van der Waals surface area contributed by atoms with Crippen LogP contribution in [0.15, 0.2) is 0 Å². The molecule has 19 heavy (non-hydrogen) atoms. The molecule has 1 fully saturated rings. The minimum atomic E-state index is -0.327. The van der Waals surface area contributed by atoms with E-state index in [1.807, 2.05) is 13.8 Å². The highest BCUT2D eigenvalue weighted by molar-refractivity contribution is 5.85. The zero-order chi connectivity index (χ0) is 14.3. The van der Waals surface area contributed by atoms with Crippen LogP contribution in [0.25, 0.3) is 0 Å². The first-order valence-corrected chi connectivity index (χ1v) is 7.35. The summed E-state index contributed by atoms with van der Waals surface area (Å²) in [5, 5.41) is 3.01. The van der Waals surface area contributed by atoms with E-state index in [2.05, 4.69) is 5.32 Å². The van der Waals surface area contributed by atoms with Crippen LogP contribution in [0.5, 0.6) is 0 Å². The van der Waals surface area contributed by atoms with Crippen LogP contribution in [0, 0.1) is 0 Å². The predicted octanol–water partition coefficient (Wildman–Crippen LogP) is 1.02. The SMILES string of the molecule is CCC(CC)(CN)NC(=O)CN1CCCCCC1=O. The summed E-state index contributed by atoms with van der Waals surface area (Å²) in [6.07, 6.45) is 5.17. The van der Waals surface area contributed by atoms with Crippen molar-refractivity contribution in [2.24, 2.45) is 5.73 Å². The number of likely N-dealkylation sites (tertiary alicyclic amines) is 1. The lowest BCUT2D eigenvalue weighted by Crippen LogP contribution is -2.55. The Morgan fingerprint density at radius 3 is 2.58 bits per heavy atom. The van der Waals surface area contributed by atoms with Crippen molar-refractivity contribution in [3.8, 4) is 0 Å². The molecule has 0 aromatic carbocycles. The third-order valence-corrected chi connectivity index (χ3v) is 4.15. The van der Waals surface area contributed by atoms with Gasteiger partial charge in [-0.1, -0.05) is 20.3 Å². The molecule has 5 nitrogen and oxygen atoms in total. The van der Waals surface area contributed by atoms with E-state index in [0.29, 0.717) is 19.5 Å². The monoisotopic (exact) mass is 269 g/mol. The molecule has 2 amide bonds. The number of nitrogens with zero attached hydrogens (tertiary/aromatic N) is 1. The first-order chi connectivity index (χ1) is 9.06. The van der Waals surface area contributed by atoms with Gasteiger partial charge in [0.2, 0.25) is 11.8 Å². The van der Waals surface area contributed by atoms with Gasteiger partial charge in [-0.25, -0.2) is 0 Å². The van der Waals surface area contributed by atoms with E-state index in [0.717, 1.165) is 32.1 Å². The Kier molecular flexibility index (Phi) is 6.28. The highest BCUT2D eigenvalue weighted by Gasteiger charge is 2.28. The fourth-order valence-corrected chi connectivity index (χ4v) is 2.48. The van der Waals surface area contributed by atoms with E-state index in [1.165, 1.54) is 0 Å². The standard InChI is InChI=1S/C14H27N3O2/c1-3-14(4-2,11-15)16-12(18)10-17-9-7-5-6-8-13(17)19/h3-11,15H2,1-2H3,(H,16,18). The molecule has 1 heterocycles. The largest absolute Gasteiger partial charge is 0.348 e. The van der Waals surface area contributed by atoms with Gasteiger partial charge in [0.1, 0.15) is 0 Å². The fourth-order valence-electron chi connectivity index (χ4n) is 2.48. The molecule has 1 rings (SSSR count). The van der Waals surface area contributed by atoms with Gasteiger partial charge in [0.15, 0.2) is 0 Å². The number of carbonyl (C=O) groups is 2. The zero-order valence-electron chi connectivity index (χ0n) is 12.2. The second kappa shape index (κ2) is 7.48. The molecule has 110 valence electrons. The van der Waals surface area contributed by atoms with Gasteiger partial charge in [-0.05, 0) is 25.7 Å². The number of hydrogen-bond donors (Lipinski definition) is 2. The topological polar surface area (TPSA) is 75.4 Å². The lowest BCUT2D eigenvalue weighted by Gasteiger charge is -2.32. The molecule has 0 unspecified atom stereocenters. The number of nitrogens with two attached hydrogens (primary N) is 1. The number of nitrogens with one attached hydrogen (secondary N) is 1. The summed E-state index contributed by atoms with van der Waals surface area (Å²) in [7, 11) is 0. The lowest BCUT2D eigenvalue weighted by molar-refractivity contribution is -0.136. The first kappa shape index (κ1) is 16.0. The summed E-state index contributed by atoms with van der Waals surface area (Å²) < 4.78 is 0. The number of hydrogen-bond acceptors (Lipinski definition) is 3. The Hall–Kier alpha value is -1.10. The number of amides is 2. The lowest BCUT2D eigenvalue weighted by atomic mass is 9.93. The van der Waals surface area contributed by atoms with Crippen LogP contribution in [0.4, 0.5) is 0 Å². The minimum Gasteiger partial charge on any atom is -0.348 e. The van der Waals surface area contributed by atoms with Gasteiger partial charge in [0.05, 0.1) is 12.1 Å². The first-order valence-electron chi connectivity index (χ1n) is 7.35. The molecule has 0 atom stereocenters. The number of rotatable bonds is 6. The van der Waals surface area contributed by atoms with Crippen molar-refractivity contribution < 1.29 is 9.59 Å². The average molecular weight is 269 g/mol. The summed E-state index contributed by atoms with van der Waals surface area (Å²) in [5.41, 5.74) is 5.44. The van der Waals surface area contributed by atoms with E-state index in [-0.39, 0.29) is 23.9 Å². The highest BCUT2D eigenvalue weighted by Crippen LogP contribution is 2.14. The van der Waals surface area contributed by atoms with Crippen LogP contribution in [-0.4, -0.2) is 41.9 Å². The van der Waals surface area contributed by atoms with E-state index in [9.17, 15) is 9.59 Å². The Balaban J connectivity index is 2.56. The van der Waals surface area contributed by atoms with Crippen molar-refractivity contribution in [1.29, 1.82) is 0 Å². The molecular weight excluding hydrogens is 242 g/mol. The van der Waals surface area contributed by atoms with E-state index in [4.69, 9.17) is 5.73 Å². The molecule has 1 saturated heterocycles. The highest BCUT2D eigenvalue weighted by atomic mass is 16.2. The van der Waals surface area contributed by atoms with Crippen LogP contribution >= 0.6 is 0 Å². The smallest absolute Gasteiger partial charge is 0.240 e. The molecule has 0 saturated carbocycles. The summed E-state index contributed by atoms with van der Waals surface area (Å²) in [6, 6.07) is 0. The summed E-state index contributed by atoms with van der Waals surface area (Å²) in [6.45, 7) is 5.34. The van der Waals surface area contributed by atoms with Crippen LogP contribution in [0.2, 0.25) is 0 Å². The van der Waals surface area contributed by atoms with E-state index >= 15 is 0 Å². The van der Waals surface area contributed by atoms with Crippen molar-refractivity contribution in [2.75, 3.05) is 19.6 Å². The second-order valence-electron chi connectivity index (χ2n) is 5.37. The van der Waals surface area contributed by atoms with Crippen LogP contribution in [0.1, 0.15) is 52.4 Å². The molecule has 1 aliphatic rings. The molecule has 0 spiro atoms. The second-order valence-corrected chi connectivity index (χ2v) is 5.37. The van der Waals surface area contributed by atoms with Crippen molar-refractivity contribution in [3.05, 3.63) is 0 Å². The van der Waals surface area contributed by atoms with Gasteiger partial charge in [0, 0.05) is 19.5 Å². The summed E-state index contributed by atoms with van der Waals surface area (Å²) in [5.74, 6) is 0.00314. The van der Waals surface area contributed by atoms with Crippen molar-refractivity contribution in [3.63, 3.8) is 0 Å². The summed E-state index contributed by atoms with van der Waals surface area (Å²) >= 11 is 0. The molecule has 0 bridgehead atoms. The van der Waals surface area contributed by atoms with Crippen molar-refractivity contribution >= 4 is 11.8 Å². The predicted molar refractivity (Wildman–Crippen MR) is 75.6 cm³/mol. The third-order valence-electron chi connectivity index (χ3n) is 4.15. The molecule has 0 aromatic heterocycles. The maximum Gasteiger partial charge on any atom is 0.240 e. The average Bonchev–Trinajstić information content (AvgIpc) is 2.62. The summed E-state index contributed by atoms with van der Waals surface area (Å²) in [4.78, 5) is 25.6. The fraction of sp³-hybridized carbons (Fsp3) is 0.857. The zero-order valence-corrected chi connectivity index (χ0v) is 12.2. The van der Waals surface area contributed by atoms with Crippen molar-refractivity contribution in [1.82, 2.24) is 10.2 Å². The van der Waals surface area contributed by atoms with Gasteiger partial charge in [0.25, 0.3) is 0 Å².